The number of thioether (sulfide) groups is 1. The third kappa shape index (κ3) is 4.93. The monoisotopic (exact) mass is 495 g/mol. The number of aromatic carboxylic acids is 1. The van der Waals surface area contributed by atoms with Crippen molar-refractivity contribution >= 4 is 52.2 Å². The minimum absolute atomic E-state index is 0.0759. The van der Waals surface area contributed by atoms with Gasteiger partial charge in [-0.2, -0.15) is 0 Å². The summed E-state index contributed by atoms with van der Waals surface area (Å²) in [4.78, 5) is 37.8. The lowest BCUT2D eigenvalue weighted by Gasteiger charge is -2.14. The number of carbonyl (C=O) groups is 3. The zero-order valence-corrected chi connectivity index (χ0v) is 19.4. The first-order valence-electron chi connectivity index (χ1n) is 10.0. The molecule has 2 amide bonds. The molecule has 1 fully saturated rings. The quantitative estimate of drug-likeness (QED) is 0.410. The van der Waals surface area contributed by atoms with Crippen LogP contribution in [0.5, 0.6) is 11.5 Å². The molecule has 1 saturated heterocycles. The third-order valence-corrected chi connectivity index (χ3v) is 6.07. The molecule has 0 saturated carbocycles. The van der Waals surface area contributed by atoms with Crippen molar-refractivity contribution in [3.05, 3.63) is 93.3 Å². The van der Waals surface area contributed by atoms with Crippen molar-refractivity contribution in [3.8, 4) is 11.5 Å². The molecule has 0 bridgehead atoms. The number of amides is 2. The molecule has 0 atom stereocenters. The van der Waals surface area contributed by atoms with Gasteiger partial charge in [-0.25, -0.2) is 9.69 Å². The molecule has 1 aliphatic rings. The summed E-state index contributed by atoms with van der Waals surface area (Å²) in [6.45, 7) is 0.0759. The summed E-state index contributed by atoms with van der Waals surface area (Å²) >= 11 is 7.28. The van der Waals surface area contributed by atoms with E-state index in [0.717, 1.165) is 16.7 Å². The molecule has 0 unspecified atom stereocenters. The number of imide groups is 1. The first kappa shape index (κ1) is 23.4. The predicted octanol–water partition coefficient (Wildman–Crippen LogP) is 5.87. The summed E-state index contributed by atoms with van der Waals surface area (Å²) in [5.74, 6) is -0.844. The van der Waals surface area contributed by atoms with Gasteiger partial charge >= 0.3 is 5.97 Å². The van der Waals surface area contributed by atoms with Gasteiger partial charge in [0.25, 0.3) is 11.1 Å². The zero-order valence-electron chi connectivity index (χ0n) is 17.9. The molecular weight excluding hydrogens is 478 g/mol. The minimum Gasteiger partial charge on any atom is -0.493 e. The molecule has 1 heterocycles. The normalized spacial score (nSPS) is 14.5. The van der Waals surface area contributed by atoms with E-state index in [1.165, 1.54) is 19.2 Å². The van der Waals surface area contributed by atoms with E-state index in [1.54, 1.807) is 60.7 Å². The van der Waals surface area contributed by atoms with Gasteiger partial charge in [0.2, 0.25) is 0 Å². The van der Waals surface area contributed by atoms with Crippen LogP contribution in [-0.2, 0) is 11.4 Å². The Hall–Kier alpha value is -3.75. The molecule has 3 aromatic rings. The van der Waals surface area contributed by atoms with E-state index >= 15 is 0 Å². The first-order chi connectivity index (χ1) is 16.4. The van der Waals surface area contributed by atoms with Crippen LogP contribution in [0.25, 0.3) is 6.08 Å². The summed E-state index contributed by atoms with van der Waals surface area (Å²) < 4.78 is 11.2. The van der Waals surface area contributed by atoms with Crippen LogP contribution in [0.1, 0.15) is 21.5 Å². The number of carbonyl (C=O) groups excluding carboxylic acids is 2. The van der Waals surface area contributed by atoms with E-state index in [4.69, 9.17) is 26.2 Å². The Bertz CT molecular complexity index is 1310. The number of anilines is 1. The van der Waals surface area contributed by atoms with Crippen molar-refractivity contribution in [2.24, 2.45) is 0 Å². The molecule has 172 valence electrons. The van der Waals surface area contributed by atoms with Crippen molar-refractivity contribution < 1.29 is 29.0 Å². The number of methoxy groups -OCH3 is 1. The van der Waals surface area contributed by atoms with Crippen LogP contribution in [0.3, 0.4) is 0 Å². The van der Waals surface area contributed by atoms with Gasteiger partial charge in [-0.3, -0.25) is 9.59 Å². The van der Waals surface area contributed by atoms with Crippen LogP contribution >= 0.6 is 23.4 Å². The van der Waals surface area contributed by atoms with Gasteiger partial charge in [-0.05, 0) is 65.4 Å². The maximum Gasteiger partial charge on any atom is 0.335 e. The van der Waals surface area contributed by atoms with Crippen molar-refractivity contribution in [2.45, 2.75) is 6.61 Å². The summed E-state index contributed by atoms with van der Waals surface area (Å²) in [6.07, 6.45) is 1.57. The number of hydrogen-bond acceptors (Lipinski definition) is 6. The molecular formula is C25H18ClNO6S. The largest absolute Gasteiger partial charge is 0.493 e. The van der Waals surface area contributed by atoms with Crippen LogP contribution < -0.4 is 14.4 Å². The SMILES string of the molecule is COc1cc(/C=C2/SC(=O)N(c3ccccc3)C2=O)cc(Cl)c1OCc1cccc(C(=O)O)c1. The van der Waals surface area contributed by atoms with Crippen molar-refractivity contribution in [3.63, 3.8) is 0 Å². The lowest BCUT2D eigenvalue weighted by Crippen LogP contribution is -2.27. The Kier molecular flexibility index (Phi) is 6.90. The van der Waals surface area contributed by atoms with Gasteiger partial charge in [-0.1, -0.05) is 41.9 Å². The van der Waals surface area contributed by atoms with Crippen molar-refractivity contribution in [1.29, 1.82) is 0 Å². The molecule has 3 aromatic carbocycles. The van der Waals surface area contributed by atoms with E-state index in [9.17, 15) is 14.4 Å². The molecule has 34 heavy (non-hydrogen) atoms. The van der Waals surface area contributed by atoms with Crippen LogP contribution in [0.4, 0.5) is 10.5 Å². The van der Waals surface area contributed by atoms with Gasteiger partial charge < -0.3 is 14.6 Å². The second-order valence-corrected chi connectivity index (χ2v) is 8.58. The molecule has 9 heteroatoms. The van der Waals surface area contributed by atoms with Gasteiger partial charge in [0.05, 0.1) is 28.3 Å². The highest BCUT2D eigenvalue weighted by atomic mass is 35.5. The number of para-hydroxylation sites is 1. The van der Waals surface area contributed by atoms with E-state index in [1.807, 2.05) is 0 Å². The number of benzene rings is 3. The lowest BCUT2D eigenvalue weighted by molar-refractivity contribution is -0.113. The number of rotatable bonds is 7. The number of hydrogen-bond donors (Lipinski definition) is 1. The predicted molar refractivity (Wildman–Crippen MR) is 131 cm³/mol. The van der Waals surface area contributed by atoms with Crippen LogP contribution in [-0.4, -0.2) is 29.3 Å². The number of nitrogens with zero attached hydrogens (tertiary/aromatic N) is 1. The average Bonchev–Trinajstić information content (AvgIpc) is 3.11. The summed E-state index contributed by atoms with van der Waals surface area (Å²) in [5.41, 5.74) is 1.86. The lowest BCUT2D eigenvalue weighted by atomic mass is 10.1. The topological polar surface area (TPSA) is 93.1 Å². The maximum absolute atomic E-state index is 12.8. The highest BCUT2D eigenvalue weighted by Gasteiger charge is 2.36. The highest BCUT2D eigenvalue weighted by Crippen LogP contribution is 2.40. The maximum atomic E-state index is 12.8. The molecule has 1 aliphatic heterocycles. The number of ether oxygens (including phenoxy) is 2. The minimum atomic E-state index is -1.03. The molecule has 7 nitrogen and oxygen atoms in total. The Morgan fingerprint density at radius 2 is 1.85 bits per heavy atom. The Balaban J connectivity index is 1.57. The van der Waals surface area contributed by atoms with E-state index in [-0.39, 0.29) is 33.1 Å². The van der Waals surface area contributed by atoms with Gasteiger partial charge in [0.15, 0.2) is 11.5 Å². The Labute approximate surface area is 204 Å². The van der Waals surface area contributed by atoms with Crippen LogP contribution in [0.15, 0.2) is 71.6 Å². The fourth-order valence-electron chi connectivity index (χ4n) is 3.33. The van der Waals surface area contributed by atoms with Crippen LogP contribution in [0, 0.1) is 0 Å². The summed E-state index contributed by atoms with van der Waals surface area (Å²) in [7, 11) is 1.45. The fraction of sp³-hybridized carbons (Fsp3) is 0.0800. The van der Waals surface area contributed by atoms with Crippen LogP contribution in [0.2, 0.25) is 5.02 Å². The number of carboxylic acid groups (broad SMARTS) is 1. The Morgan fingerprint density at radius 3 is 2.56 bits per heavy atom. The molecule has 0 aromatic heterocycles. The van der Waals surface area contributed by atoms with Gasteiger partial charge in [0, 0.05) is 0 Å². The van der Waals surface area contributed by atoms with Gasteiger partial charge in [-0.15, -0.1) is 0 Å². The molecule has 1 N–H and O–H groups in total. The first-order valence-corrected chi connectivity index (χ1v) is 11.2. The smallest absolute Gasteiger partial charge is 0.335 e. The van der Waals surface area contributed by atoms with Crippen molar-refractivity contribution in [2.75, 3.05) is 12.0 Å². The number of halogens is 1. The second-order valence-electron chi connectivity index (χ2n) is 7.18. The van der Waals surface area contributed by atoms with Gasteiger partial charge in [0.1, 0.15) is 6.61 Å². The second kappa shape index (κ2) is 10.0. The third-order valence-electron chi connectivity index (χ3n) is 4.91. The Morgan fingerprint density at radius 1 is 1.09 bits per heavy atom. The summed E-state index contributed by atoms with van der Waals surface area (Å²) in [5, 5.41) is 9.00. The van der Waals surface area contributed by atoms with E-state index in [0.29, 0.717) is 22.6 Å². The summed E-state index contributed by atoms with van der Waals surface area (Å²) in [6, 6.07) is 18.3. The molecule has 0 spiro atoms. The van der Waals surface area contributed by atoms with E-state index < -0.39 is 11.9 Å². The molecule has 0 aliphatic carbocycles. The zero-order chi connectivity index (χ0) is 24.2. The molecule has 4 rings (SSSR count). The number of carboxylic acids is 1. The molecule has 0 radical (unpaired) electrons. The standard InChI is InChI=1S/C25H18ClNO6S/c1-32-20-12-16(13-21-23(28)27(25(31)34-21)18-8-3-2-4-9-18)11-19(26)22(20)33-14-15-6-5-7-17(10-15)24(29)30/h2-13H,14H2,1H3,(H,29,30)/b21-13+. The van der Waals surface area contributed by atoms with E-state index in [2.05, 4.69) is 0 Å². The highest BCUT2D eigenvalue weighted by molar-refractivity contribution is 8.19. The average molecular weight is 496 g/mol. The fourth-order valence-corrected chi connectivity index (χ4v) is 4.45. The van der Waals surface area contributed by atoms with Crippen molar-refractivity contribution in [1.82, 2.24) is 0 Å².